The van der Waals surface area contributed by atoms with Gasteiger partial charge in [0.1, 0.15) is 0 Å². The molecule has 0 unspecified atom stereocenters. The molecule has 0 saturated carbocycles. The lowest BCUT2D eigenvalue weighted by Crippen LogP contribution is -2.52. The first kappa shape index (κ1) is 20.1. The number of likely N-dealkylation sites (tertiary alicyclic amines) is 1. The van der Waals surface area contributed by atoms with E-state index in [2.05, 4.69) is 11.2 Å². The first-order valence-corrected chi connectivity index (χ1v) is 9.27. The quantitative estimate of drug-likeness (QED) is 0.803. The molecule has 0 aliphatic carbocycles. The van der Waals surface area contributed by atoms with Gasteiger partial charge in [-0.3, -0.25) is 4.79 Å². The lowest BCUT2D eigenvalue weighted by molar-refractivity contribution is -0.132. The van der Waals surface area contributed by atoms with E-state index in [0.717, 1.165) is 30.5 Å². The van der Waals surface area contributed by atoms with Gasteiger partial charge in [0.2, 0.25) is 5.91 Å². The number of benzene rings is 1. The molecule has 0 radical (unpaired) electrons. The Kier molecular flexibility index (Phi) is 7.35. The van der Waals surface area contributed by atoms with Crippen LogP contribution in [0.5, 0.6) is 0 Å². The fourth-order valence-electron chi connectivity index (χ4n) is 3.12. The van der Waals surface area contributed by atoms with Crippen LogP contribution in [0.15, 0.2) is 18.2 Å². The number of urea groups is 1. The molecule has 1 aromatic carbocycles. The Balaban J connectivity index is 1.87. The van der Waals surface area contributed by atoms with Crippen molar-refractivity contribution in [2.45, 2.75) is 45.2 Å². The average Bonchev–Trinajstić information content (AvgIpc) is 2.66. The van der Waals surface area contributed by atoms with Gasteiger partial charge in [-0.05, 0) is 37.0 Å². The molecule has 1 aliphatic heterocycles. The highest BCUT2D eigenvalue weighted by atomic mass is 35.5. The summed E-state index contributed by atoms with van der Waals surface area (Å²) in [5.41, 5.74) is 1.99. The summed E-state index contributed by atoms with van der Waals surface area (Å²) in [7, 11) is 1.78. The number of hydrogen-bond donors (Lipinski definition) is 1. The molecule has 1 aromatic rings. The number of hydrogen-bond acceptors (Lipinski definition) is 2. The molecule has 0 bridgehead atoms. The van der Waals surface area contributed by atoms with E-state index in [4.69, 9.17) is 18.0 Å². The first-order valence-electron chi connectivity index (χ1n) is 8.89. The molecule has 1 saturated heterocycles. The van der Waals surface area contributed by atoms with Crippen LogP contribution in [0.1, 0.15) is 36.8 Å². The number of terminal acetylenes is 1. The largest absolute Gasteiger partial charge is 0.341 e. The Morgan fingerprint density at radius 2 is 2.23 bits per heavy atom. The molecule has 6 heteroatoms. The Labute approximate surface area is 160 Å². The van der Waals surface area contributed by atoms with Crippen LogP contribution >= 0.6 is 11.6 Å². The number of carbonyl (C=O) groups excluding carboxylic acids is 2. The SMILES string of the molecule is C#CCCC(=O)N1CCC[C@@H](N(C)C(=O)NCc2ccc(Cl)c(C)c2)C1. The Bertz CT molecular complexity index is 699. The fraction of sp³-hybridized carbons (Fsp3) is 0.500. The number of amides is 3. The van der Waals surface area contributed by atoms with E-state index in [-0.39, 0.29) is 18.0 Å². The summed E-state index contributed by atoms with van der Waals surface area (Å²) in [6, 6.07) is 5.59. The minimum absolute atomic E-state index is 0.0190. The fourth-order valence-corrected chi connectivity index (χ4v) is 3.24. The minimum atomic E-state index is -0.138. The van der Waals surface area contributed by atoms with Crippen LogP contribution in [-0.2, 0) is 11.3 Å². The van der Waals surface area contributed by atoms with E-state index in [9.17, 15) is 9.59 Å². The molecule has 0 aromatic heterocycles. The van der Waals surface area contributed by atoms with E-state index >= 15 is 0 Å². The molecule has 1 aliphatic rings. The summed E-state index contributed by atoms with van der Waals surface area (Å²) in [5.74, 6) is 2.57. The van der Waals surface area contributed by atoms with Gasteiger partial charge in [-0.2, -0.15) is 0 Å². The second-order valence-corrected chi connectivity index (χ2v) is 7.10. The molecule has 1 atom stereocenters. The van der Waals surface area contributed by atoms with Gasteiger partial charge in [0.25, 0.3) is 0 Å². The van der Waals surface area contributed by atoms with Crippen molar-refractivity contribution >= 4 is 23.5 Å². The molecule has 1 heterocycles. The molecular formula is C20H26ClN3O2. The van der Waals surface area contributed by atoms with Crippen LogP contribution < -0.4 is 5.32 Å². The monoisotopic (exact) mass is 375 g/mol. The number of rotatable bonds is 5. The summed E-state index contributed by atoms with van der Waals surface area (Å²) in [6.07, 6.45) is 7.84. The second kappa shape index (κ2) is 9.49. The zero-order valence-corrected chi connectivity index (χ0v) is 16.2. The highest BCUT2D eigenvalue weighted by Gasteiger charge is 2.28. The molecule has 26 heavy (non-hydrogen) atoms. The smallest absolute Gasteiger partial charge is 0.317 e. The molecular weight excluding hydrogens is 350 g/mol. The van der Waals surface area contributed by atoms with E-state index in [1.54, 1.807) is 11.9 Å². The van der Waals surface area contributed by atoms with Crippen molar-refractivity contribution in [3.63, 3.8) is 0 Å². The number of aryl methyl sites for hydroxylation is 1. The summed E-state index contributed by atoms with van der Waals surface area (Å²) in [6.45, 7) is 3.68. The lowest BCUT2D eigenvalue weighted by Gasteiger charge is -2.37. The topological polar surface area (TPSA) is 52.7 Å². The van der Waals surface area contributed by atoms with Gasteiger partial charge < -0.3 is 15.1 Å². The van der Waals surface area contributed by atoms with Crippen LogP contribution in [-0.4, -0.2) is 47.9 Å². The molecule has 3 amide bonds. The Morgan fingerprint density at radius 3 is 2.92 bits per heavy atom. The number of carbonyl (C=O) groups is 2. The summed E-state index contributed by atoms with van der Waals surface area (Å²) < 4.78 is 0. The maximum Gasteiger partial charge on any atom is 0.317 e. The van der Waals surface area contributed by atoms with Crippen molar-refractivity contribution < 1.29 is 9.59 Å². The predicted molar refractivity (Wildman–Crippen MR) is 104 cm³/mol. The van der Waals surface area contributed by atoms with Crippen LogP contribution in [0.2, 0.25) is 5.02 Å². The van der Waals surface area contributed by atoms with Crippen LogP contribution in [0.3, 0.4) is 0 Å². The number of nitrogens with zero attached hydrogens (tertiary/aromatic N) is 2. The van der Waals surface area contributed by atoms with Gasteiger partial charge in [0.05, 0.1) is 6.04 Å². The number of nitrogens with one attached hydrogen (secondary N) is 1. The highest BCUT2D eigenvalue weighted by Crippen LogP contribution is 2.18. The van der Waals surface area contributed by atoms with Gasteiger partial charge in [-0.1, -0.05) is 23.7 Å². The van der Waals surface area contributed by atoms with Gasteiger partial charge in [0, 0.05) is 44.5 Å². The maximum atomic E-state index is 12.5. The number of likely N-dealkylation sites (N-methyl/N-ethyl adjacent to an activating group) is 1. The highest BCUT2D eigenvalue weighted by molar-refractivity contribution is 6.31. The molecule has 5 nitrogen and oxygen atoms in total. The van der Waals surface area contributed by atoms with Gasteiger partial charge in [-0.25, -0.2) is 4.79 Å². The average molecular weight is 376 g/mol. The van der Waals surface area contributed by atoms with E-state index in [0.29, 0.717) is 31.0 Å². The number of piperidine rings is 1. The second-order valence-electron chi connectivity index (χ2n) is 6.69. The Morgan fingerprint density at radius 1 is 1.46 bits per heavy atom. The summed E-state index contributed by atoms with van der Waals surface area (Å²) >= 11 is 6.03. The molecule has 1 fully saturated rings. The van der Waals surface area contributed by atoms with Crippen molar-refractivity contribution in [3.8, 4) is 12.3 Å². The van der Waals surface area contributed by atoms with Crippen molar-refractivity contribution in [2.75, 3.05) is 20.1 Å². The minimum Gasteiger partial charge on any atom is -0.341 e. The van der Waals surface area contributed by atoms with E-state index in [1.165, 1.54) is 0 Å². The predicted octanol–water partition coefficient (Wildman–Crippen LogP) is 3.19. The summed E-state index contributed by atoms with van der Waals surface area (Å²) in [5, 5.41) is 3.65. The van der Waals surface area contributed by atoms with Crippen molar-refractivity contribution in [3.05, 3.63) is 34.3 Å². The third kappa shape index (κ3) is 5.40. The van der Waals surface area contributed by atoms with Gasteiger partial charge in [-0.15, -0.1) is 12.3 Å². The Hall–Kier alpha value is -2.19. The number of halogens is 1. The van der Waals surface area contributed by atoms with Crippen LogP contribution in [0, 0.1) is 19.3 Å². The van der Waals surface area contributed by atoms with E-state index in [1.807, 2.05) is 30.0 Å². The zero-order valence-electron chi connectivity index (χ0n) is 15.4. The molecule has 0 spiro atoms. The third-order valence-electron chi connectivity index (χ3n) is 4.77. The van der Waals surface area contributed by atoms with Crippen molar-refractivity contribution in [2.24, 2.45) is 0 Å². The van der Waals surface area contributed by atoms with Crippen molar-refractivity contribution in [1.29, 1.82) is 0 Å². The zero-order chi connectivity index (χ0) is 19.1. The lowest BCUT2D eigenvalue weighted by atomic mass is 10.0. The van der Waals surface area contributed by atoms with Gasteiger partial charge in [0.15, 0.2) is 0 Å². The standard InChI is InChI=1S/C20H26ClN3O2/c1-4-5-8-19(25)24-11-6-7-17(14-24)23(3)20(26)22-13-16-9-10-18(21)15(2)12-16/h1,9-10,12,17H,5-8,11,13-14H2,2-3H3,(H,22,26)/t17-/m1/s1. The first-order chi connectivity index (χ1) is 12.4. The van der Waals surface area contributed by atoms with E-state index < -0.39 is 0 Å². The van der Waals surface area contributed by atoms with Gasteiger partial charge >= 0.3 is 6.03 Å². The van der Waals surface area contributed by atoms with Crippen LogP contribution in [0.4, 0.5) is 4.79 Å². The third-order valence-corrected chi connectivity index (χ3v) is 5.19. The normalized spacial score (nSPS) is 16.7. The van der Waals surface area contributed by atoms with Crippen molar-refractivity contribution in [1.82, 2.24) is 15.1 Å². The molecule has 1 N–H and O–H groups in total. The summed E-state index contributed by atoms with van der Waals surface area (Å²) in [4.78, 5) is 28.2. The molecule has 2 rings (SSSR count). The maximum absolute atomic E-state index is 12.5. The molecule has 140 valence electrons. The van der Waals surface area contributed by atoms with Crippen LogP contribution in [0.25, 0.3) is 0 Å².